The zero-order valence-corrected chi connectivity index (χ0v) is 8.04. The first-order valence-corrected chi connectivity index (χ1v) is 4.22. The SMILES string of the molecule is Cc1ccc(C/C(N)=N/O)cc1Cl. The monoisotopic (exact) mass is 198 g/mol. The number of oxime groups is 1. The van der Waals surface area contributed by atoms with Gasteiger partial charge < -0.3 is 10.9 Å². The summed E-state index contributed by atoms with van der Waals surface area (Å²) in [7, 11) is 0. The predicted octanol–water partition coefficient (Wildman–Crippen LogP) is 1.94. The fourth-order valence-electron chi connectivity index (χ4n) is 0.991. The van der Waals surface area contributed by atoms with Crippen LogP contribution in [0.2, 0.25) is 5.02 Å². The van der Waals surface area contributed by atoms with Crippen molar-refractivity contribution in [2.75, 3.05) is 0 Å². The Balaban J connectivity index is 2.86. The molecule has 0 atom stereocenters. The summed E-state index contributed by atoms with van der Waals surface area (Å²) < 4.78 is 0. The van der Waals surface area contributed by atoms with E-state index >= 15 is 0 Å². The summed E-state index contributed by atoms with van der Waals surface area (Å²) in [6.07, 6.45) is 0.413. The van der Waals surface area contributed by atoms with Crippen LogP contribution in [0.25, 0.3) is 0 Å². The van der Waals surface area contributed by atoms with Crippen molar-refractivity contribution in [3.05, 3.63) is 34.3 Å². The molecule has 3 nitrogen and oxygen atoms in total. The Kier molecular flexibility index (Phi) is 3.14. The van der Waals surface area contributed by atoms with Crippen LogP contribution in [0.5, 0.6) is 0 Å². The lowest BCUT2D eigenvalue weighted by Crippen LogP contribution is -2.14. The maximum absolute atomic E-state index is 8.35. The molecule has 0 spiro atoms. The molecule has 0 aliphatic heterocycles. The molecule has 1 aromatic carbocycles. The lowest BCUT2D eigenvalue weighted by molar-refractivity contribution is 0.317. The van der Waals surface area contributed by atoms with Gasteiger partial charge in [0.15, 0.2) is 0 Å². The maximum atomic E-state index is 8.35. The van der Waals surface area contributed by atoms with Crippen LogP contribution in [-0.2, 0) is 6.42 Å². The minimum Gasteiger partial charge on any atom is -0.409 e. The van der Waals surface area contributed by atoms with Crippen LogP contribution in [0.4, 0.5) is 0 Å². The van der Waals surface area contributed by atoms with E-state index in [2.05, 4.69) is 5.16 Å². The van der Waals surface area contributed by atoms with Crippen LogP contribution in [0, 0.1) is 6.92 Å². The average molecular weight is 199 g/mol. The van der Waals surface area contributed by atoms with E-state index in [1.54, 1.807) is 0 Å². The van der Waals surface area contributed by atoms with Crippen LogP contribution in [0.1, 0.15) is 11.1 Å². The smallest absolute Gasteiger partial charge is 0.143 e. The number of hydrogen-bond donors (Lipinski definition) is 2. The first kappa shape index (κ1) is 9.86. The number of nitrogens with zero attached hydrogens (tertiary/aromatic N) is 1. The molecule has 0 aliphatic rings. The van der Waals surface area contributed by atoms with Gasteiger partial charge in [-0.3, -0.25) is 0 Å². The minimum absolute atomic E-state index is 0.180. The normalized spacial score (nSPS) is 11.7. The molecule has 0 saturated carbocycles. The molecule has 0 aliphatic carbocycles. The summed E-state index contributed by atoms with van der Waals surface area (Å²) in [6, 6.07) is 5.62. The lowest BCUT2D eigenvalue weighted by Gasteiger charge is -2.02. The molecule has 0 saturated heterocycles. The van der Waals surface area contributed by atoms with Gasteiger partial charge in [-0.05, 0) is 24.1 Å². The predicted molar refractivity (Wildman–Crippen MR) is 53.3 cm³/mol. The van der Waals surface area contributed by atoms with E-state index in [0.29, 0.717) is 11.4 Å². The highest BCUT2D eigenvalue weighted by molar-refractivity contribution is 6.31. The number of aryl methyl sites for hydroxylation is 1. The van der Waals surface area contributed by atoms with Gasteiger partial charge in [0.25, 0.3) is 0 Å². The van der Waals surface area contributed by atoms with Gasteiger partial charge in [0, 0.05) is 11.4 Å². The largest absolute Gasteiger partial charge is 0.409 e. The highest BCUT2D eigenvalue weighted by Crippen LogP contribution is 2.16. The number of halogens is 1. The van der Waals surface area contributed by atoms with Gasteiger partial charge in [-0.25, -0.2) is 0 Å². The molecule has 0 aromatic heterocycles. The Morgan fingerprint density at radius 1 is 1.62 bits per heavy atom. The van der Waals surface area contributed by atoms with E-state index in [1.165, 1.54) is 0 Å². The third kappa shape index (κ3) is 2.63. The molecule has 0 fully saturated rings. The summed E-state index contributed by atoms with van der Waals surface area (Å²) in [4.78, 5) is 0. The molecule has 70 valence electrons. The molecule has 0 amide bonds. The van der Waals surface area contributed by atoms with Crippen molar-refractivity contribution in [2.24, 2.45) is 10.9 Å². The summed E-state index contributed by atoms with van der Waals surface area (Å²) in [5.41, 5.74) is 7.30. The second kappa shape index (κ2) is 4.14. The van der Waals surface area contributed by atoms with Gasteiger partial charge >= 0.3 is 0 Å². The fraction of sp³-hybridized carbons (Fsp3) is 0.222. The molecule has 0 heterocycles. The maximum Gasteiger partial charge on any atom is 0.143 e. The van der Waals surface area contributed by atoms with Gasteiger partial charge in [-0.1, -0.05) is 28.9 Å². The van der Waals surface area contributed by atoms with Crippen molar-refractivity contribution >= 4 is 17.4 Å². The molecule has 1 rings (SSSR count). The molecule has 1 aromatic rings. The Labute approximate surface area is 81.8 Å². The summed E-state index contributed by atoms with van der Waals surface area (Å²) >= 11 is 5.90. The first-order valence-electron chi connectivity index (χ1n) is 3.85. The molecule has 0 radical (unpaired) electrons. The van der Waals surface area contributed by atoms with Crippen molar-refractivity contribution < 1.29 is 5.21 Å². The van der Waals surface area contributed by atoms with Crippen molar-refractivity contribution in [3.63, 3.8) is 0 Å². The van der Waals surface area contributed by atoms with Gasteiger partial charge in [0.05, 0.1) is 0 Å². The second-order valence-corrected chi connectivity index (χ2v) is 3.26. The van der Waals surface area contributed by atoms with Crippen LogP contribution in [0.3, 0.4) is 0 Å². The highest BCUT2D eigenvalue weighted by atomic mass is 35.5. The van der Waals surface area contributed by atoms with E-state index < -0.39 is 0 Å². The average Bonchev–Trinajstić information content (AvgIpc) is 2.11. The van der Waals surface area contributed by atoms with Crippen LogP contribution in [-0.4, -0.2) is 11.0 Å². The number of hydrogen-bond acceptors (Lipinski definition) is 2. The standard InChI is InChI=1S/C9H11ClN2O/c1-6-2-3-7(4-8(6)10)5-9(11)12-13/h2-4,13H,5H2,1H3,(H2,11,12). The van der Waals surface area contributed by atoms with Crippen LogP contribution in [0.15, 0.2) is 23.4 Å². The zero-order chi connectivity index (χ0) is 9.84. The molecule has 3 N–H and O–H groups in total. The minimum atomic E-state index is 0.180. The van der Waals surface area contributed by atoms with E-state index in [9.17, 15) is 0 Å². The molecule has 4 heteroatoms. The third-order valence-corrected chi connectivity index (χ3v) is 2.16. The Bertz CT molecular complexity index is 336. The van der Waals surface area contributed by atoms with E-state index in [4.69, 9.17) is 22.5 Å². The fourth-order valence-corrected chi connectivity index (χ4v) is 1.19. The van der Waals surface area contributed by atoms with E-state index in [-0.39, 0.29) is 5.84 Å². The quantitative estimate of drug-likeness (QED) is 0.330. The van der Waals surface area contributed by atoms with Gasteiger partial charge in [0.1, 0.15) is 5.84 Å². The highest BCUT2D eigenvalue weighted by Gasteiger charge is 2.00. The topological polar surface area (TPSA) is 58.6 Å². The zero-order valence-electron chi connectivity index (χ0n) is 7.29. The van der Waals surface area contributed by atoms with Crippen molar-refractivity contribution in [1.29, 1.82) is 0 Å². The lowest BCUT2D eigenvalue weighted by atomic mass is 10.1. The van der Waals surface area contributed by atoms with Gasteiger partial charge in [0.2, 0.25) is 0 Å². The molecule has 13 heavy (non-hydrogen) atoms. The Morgan fingerprint density at radius 2 is 2.31 bits per heavy atom. The van der Waals surface area contributed by atoms with Crippen molar-refractivity contribution in [1.82, 2.24) is 0 Å². The molecular weight excluding hydrogens is 188 g/mol. The third-order valence-electron chi connectivity index (χ3n) is 1.75. The first-order chi connectivity index (χ1) is 6.13. The van der Waals surface area contributed by atoms with Crippen LogP contribution >= 0.6 is 11.6 Å². The number of benzene rings is 1. The molecule has 0 unspecified atom stereocenters. The van der Waals surface area contributed by atoms with Gasteiger partial charge in [-0.2, -0.15) is 0 Å². The number of nitrogens with two attached hydrogens (primary N) is 1. The summed E-state index contributed by atoms with van der Waals surface area (Å²) in [5.74, 6) is 0.180. The van der Waals surface area contributed by atoms with Crippen molar-refractivity contribution in [3.8, 4) is 0 Å². The molecular formula is C9H11ClN2O. The van der Waals surface area contributed by atoms with Crippen molar-refractivity contribution in [2.45, 2.75) is 13.3 Å². The molecule has 0 bridgehead atoms. The van der Waals surface area contributed by atoms with Gasteiger partial charge in [-0.15, -0.1) is 0 Å². The number of amidine groups is 1. The summed E-state index contributed by atoms with van der Waals surface area (Å²) in [5, 5.41) is 11.9. The second-order valence-electron chi connectivity index (χ2n) is 2.85. The van der Waals surface area contributed by atoms with E-state index in [0.717, 1.165) is 11.1 Å². The van der Waals surface area contributed by atoms with Crippen LogP contribution < -0.4 is 5.73 Å². The Hall–Kier alpha value is -1.22. The van der Waals surface area contributed by atoms with E-state index in [1.807, 2.05) is 25.1 Å². The Morgan fingerprint density at radius 3 is 2.85 bits per heavy atom. The summed E-state index contributed by atoms with van der Waals surface area (Å²) in [6.45, 7) is 1.93. The number of rotatable bonds is 2.